The number of hydrogen-bond donors (Lipinski definition) is 2. The van der Waals surface area contributed by atoms with Crippen molar-refractivity contribution in [3.05, 3.63) is 60.2 Å². The summed E-state index contributed by atoms with van der Waals surface area (Å²) < 4.78 is 28.1. The number of para-hydroxylation sites is 1. The van der Waals surface area contributed by atoms with Crippen molar-refractivity contribution < 1.29 is 18.4 Å². The minimum Gasteiger partial charge on any atom is -0.385 e. The van der Waals surface area contributed by atoms with Crippen LogP contribution in [0, 0.1) is 6.92 Å². The fourth-order valence-corrected chi connectivity index (χ4v) is 5.48. The highest BCUT2D eigenvalue weighted by Crippen LogP contribution is 2.25. The van der Waals surface area contributed by atoms with Crippen LogP contribution in [0.3, 0.4) is 0 Å². The number of aliphatic hydroxyl groups excluding tert-OH is 1. The zero-order chi connectivity index (χ0) is 19.3. The predicted octanol–water partition coefficient (Wildman–Crippen LogP) is 1.62. The van der Waals surface area contributed by atoms with E-state index in [1.165, 1.54) is 28.5 Å². The Labute approximate surface area is 162 Å². The number of hydrogen-bond acceptors (Lipinski definition) is 3. The lowest BCUT2D eigenvalue weighted by molar-refractivity contribution is -0.907. The van der Waals surface area contributed by atoms with Gasteiger partial charge in [0.15, 0.2) is 0 Å². The SMILES string of the molecule is Cc1ccccc1S(=O)(=O)N(C[C@H](O)C[NH+]1CCCCC1)c1ccccc1. The first-order chi connectivity index (χ1) is 13.0. The third-order valence-electron chi connectivity index (χ3n) is 5.17. The van der Waals surface area contributed by atoms with Crippen LogP contribution in [0.15, 0.2) is 59.5 Å². The largest absolute Gasteiger partial charge is 0.385 e. The molecule has 0 amide bonds. The topological polar surface area (TPSA) is 62.0 Å². The van der Waals surface area contributed by atoms with E-state index >= 15 is 0 Å². The third kappa shape index (κ3) is 4.89. The molecular weight excluding hydrogens is 360 g/mol. The second kappa shape index (κ2) is 8.87. The van der Waals surface area contributed by atoms with E-state index in [0.717, 1.165) is 13.1 Å². The summed E-state index contributed by atoms with van der Waals surface area (Å²) in [4.78, 5) is 1.64. The number of nitrogens with one attached hydrogen (secondary N) is 1. The van der Waals surface area contributed by atoms with E-state index in [4.69, 9.17) is 0 Å². The summed E-state index contributed by atoms with van der Waals surface area (Å²) in [5.74, 6) is 0. The van der Waals surface area contributed by atoms with Gasteiger partial charge in [0.25, 0.3) is 10.0 Å². The maximum absolute atomic E-state index is 13.4. The van der Waals surface area contributed by atoms with Gasteiger partial charge in [-0.3, -0.25) is 4.31 Å². The number of piperidine rings is 1. The molecule has 0 spiro atoms. The van der Waals surface area contributed by atoms with Gasteiger partial charge in [0.05, 0.1) is 30.2 Å². The van der Waals surface area contributed by atoms with Crippen LogP contribution in [0.25, 0.3) is 0 Å². The smallest absolute Gasteiger partial charge is 0.264 e. The van der Waals surface area contributed by atoms with Gasteiger partial charge in [-0.15, -0.1) is 0 Å². The van der Waals surface area contributed by atoms with E-state index in [2.05, 4.69) is 0 Å². The molecule has 0 saturated carbocycles. The number of benzene rings is 2. The van der Waals surface area contributed by atoms with Gasteiger partial charge in [-0.05, 0) is 49.9 Å². The number of aryl methyl sites for hydroxylation is 1. The van der Waals surface area contributed by atoms with Gasteiger partial charge >= 0.3 is 0 Å². The molecule has 2 N–H and O–H groups in total. The summed E-state index contributed by atoms with van der Waals surface area (Å²) in [5, 5.41) is 10.7. The number of rotatable bonds is 7. The van der Waals surface area contributed by atoms with Crippen LogP contribution < -0.4 is 9.21 Å². The summed E-state index contributed by atoms with van der Waals surface area (Å²) in [5.41, 5.74) is 1.28. The first-order valence-corrected chi connectivity index (χ1v) is 11.1. The third-order valence-corrected chi connectivity index (χ3v) is 7.12. The lowest BCUT2D eigenvalue weighted by Crippen LogP contribution is -3.14. The van der Waals surface area contributed by atoms with Gasteiger partial charge in [0.1, 0.15) is 12.6 Å². The van der Waals surface area contributed by atoms with Crippen LogP contribution in [0.5, 0.6) is 0 Å². The zero-order valence-electron chi connectivity index (χ0n) is 15.8. The summed E-state index contributed by atoms with van der Waals surface area (Å²) in [6.45, 7) is 4.53. The minimum absolute atomic E-state index is 0.0597. The Hall–Kier alpha value is -1.89. The second-order valence-electron chi connectivity index (χ2n) is 7.31. The van der Waals surface area contributed by atoms with Crippen molar-refractivity contribution in [2.75, 3.05) is 30.5 Å². The molecule has 0 aromatic heterocycles. The fraction of sp³-hybridized carbons (Fsp3) is 0.429. The van der Waals surface area contributed by atoms with Crippen LogP contribution in [0.4, 0.5) is 5.69 Å². The summed E-state index contributed by atoms with van der Waals surface area (Å²) >= 11 is 0. The highest BCUT2D eigenvalue weighted by molar-refractivity contribution is 7.92. The highest BCUT2D eigenvalue weighted by Gasteiger charge is 2.29. The minimum atomic E-state index is -3.76. The molecule has 2 aromatic rings. The lowest BCUT2D eigenvalue weighted by Gasteiger charge is -2.30. The fourth-order valence-electron chi connectivity index (χ4n) is 3.75. The van der Waals surface area contributed by atoms with Gasteiger partial charge < -0.3 is 10.0 Å². The number of likely N-dealkylation sites (tertiary alicyclic amines) is 1. The van der Waals surface area contributed by atoms with Gasteiger partial charge in [0.2, 0.25) is 0 Å². The van der Waals surface area contributed by atoms with E-state index in [9.17, 15) is 13.5 Å². The van der Waals surface area contributed by atoms with Crippen molar-refractivity contribution >= 4 is 15.7 Å². The monoisotopic (exact) mass is 389 g/mol. The number of quaternary nitrogens is 1. The highest BCUT2D eigenvalue weighted by atomic mass is 32.2. The van der Waals surface area contributed by atoms with Crippen LogP contribution in [0.2, 0.25) is 0 Å². The second-order valence-corrected chi connectivity index (χ2v) is 9.14. The van der Waals surface area contributed by atoms with Crippen LogP contribution in [-0.4, -0.2) is 45.8 Å². The molecule has 1 heterocycles. The lowest BCUT2D eigenvalue weighted by atomic mass is 10.1. The van der Waals surface area contributed by atoms with Crippen molar-refractivity contribution in [1.82, 2.24) is 0 Å². The predicted molar refractivity (Wildman–Crippen MR) is 108 cm³/mol. The summed E-state index contributed by atoms with van der Waals surface area (Å²) in [6, 6.07) is 16.0. The molecule has 0 aliphatic carbocycles. The quantitative estimate of drug-likeness (QED) is 0.757. The first-order valence-electron chi connectivity index (χ1n) is 9.63. The van der Waals surface area contributed by atoms with Crippen molar-refractivity contribution in [3.63, 3.8) is 0 Å². The van der Waals surface area contributed by atoms with Gasteiger partial charge in [-0.25, -0.2) is 8.42 Å². The molecule has 27 heavy (non-hydrogen) atoms. The average molecular weight is 390 g/mol. The average Bonchev–Trinajstić information content (AvgIpc) is 2.67. The molecule has 5 nitrogen and oxygen atoms in total. The molecule has 0 radical (unpaired) electrons. The first kappa shape index (κ1) is 19.9. The standard InChI is InChI=1S/C21H28N2O3S/c1-18-10-6-7-13-21(18)27(25,26)23(19-11-4-2-5-12-19)17-20(24)16-22-14-8-3-9-15-22/h2,4-7,10-13,20,24H,3,8-9,14-17H2,1H3/p+1/t20-/m1/s1. The molecule has 1 aliphatic rings. The van der Waals surface area contributed by atoms with Crippen LogP contribution in [-0.2, 0) is 10.0 Å². The number of nitrogens with zero attached hydrogens (tertiary/aromatic N) is 1. The van der Waals surface area contributed by atoms with Gasteiger partial charge in [-0.2, -0.15) is 0 Å². The molecule has 2 aromatic carbocycles. The summed E-state index contributed by atoms with van der Waals surface area (Å²) in [7, 11) is -3.76. The van der Waals surface area contributed by atoms with E-state index in [-0.39, 0.29) is 11.4 Å². The molecule has 6 heteroatoms. The number of aliphatic hydroxyl groups is 1. The van der Waals surface area contributed by atoms with Crippen molar-refractivity contribution in [2.24, 2.45) is 0 Å². The Balaban J connectivity index is 1.86. The number of anilines is 1. The van der Waals surface area contributed by atoms with Crippen LogP contribution >= 0.6 is 0 Å². The van der Waals surface area contributed by atoms with Crippen LogP contribution in [0.1, 0.15) is 24.8 Å². The van der Waals surface area contributed by atoms with Crippen molar-refractivity contribution in [3.8, 4) is 0 Å². The zero-order valence-corrected chi connectivity index (χ0v) is 16.7. The van der Waals surface area contributed by atoms with Crippen molar-refractivity contribution in [1.29, 1.82) is 0 Å². The summed E-state index contributed by atoms with van der Waals surface area (Å²) in [6.07, 6.45) is 2.88. The van der Waals surface area contributed by atoms with E-state index in [1.807, 2.05) is 24.3 Å². The van der Waals surface area contributed by atoms with E-state index in [1.54, 1.807) is 37.3 Å². The molecule has 0 unspecified atom stereocenters. The molecule has 0 bridgehead atoms. The maximum Gasteiger partial charge on any atom is 0.264 e. The maximum atomic E-state index is 13.4. The van der Waals surface area contributed by atoms with E-state index in [0.29, 0.717) is 17.8 Å². The molecule has 1 fully saturated rings. The Bertz CT molecular complexity index is 834. The molecule has 3 rings (SSSR count). The Kier molecular flexibility index (Phi) is 6.52. The number of sulfonamides is 1. The normalized spacial score (nSPS) is 16.8. The Morgan fingerprint density at radius 2 is 1.63 bits per heavy atom. The molecule has 146 valence electrons. The molecule has 1 atom stereocenters. The molecule has 1 saturated heterocycles. The van der Waals surface area contributed by atoms with Gasteiger partial charge in [-0.1, -0.05) is 36.4 Å². The Morgan fingerprint density at radius 3 is 2.30 bits per heavy atom. The molecule has 1 aliphatic heterocycles. The molecular formula is C21H29N2O3S+. The Morgan fingerprint density at radius 1 is 1.00 bits per heavy atom. The van der Waals surface area contributed by atoms with Crippen molar-refractivity contribution in [2.45, 2.75) is 37.2 Å². The van der Waals surface area contributed by atoms with Gasteiger partial charge in [0, 0.05) is 0 Å². The van der Waals surface area contributed by atoms with E-state index < -0.39 is 16.1 Å².